The Labute approximate surface area is 157 Å². The number of hydrogen-bond donors (Lipinski definition) is 1. The van der Waals surface area contributed by atoms with E-state index < -0.39 is 17.8 Å². The Bertz CT molecular complexity index is 754. The van der Waals surface area contributed by atoms with Crippen LogP contribution >= 0.6 is 0 Å². The molecule has 8 heteroatoms. The lowest BCUT2D eigenvalue weighted by Crippen LogP contribution is -2.61. The molecule has 146 valence electrons. The number of hydrogen-bond acceptors (Lipinski definition) is 4. The molecule has 7 nitrogen and oxygen atoms in total. The number of nitrogens with one attached hydrogen (secondary N) is 1. The second-order valence-corrected chi connectivity index (χ2v) is 7.74. The van der Waals surface area contributed by atoms with Gasteiger partial charge in [-0.2, -0.15) is 0 Å². The summed E-state index contributed by atoms with van der Waals surface area (Å²) in [6.07, 6.45) is 3.47. The molecular formula is C19H25FN4O3. The molecule has 3 rings (SSSR count). The molecule has 1 aromatic rings. The Balaban J connectivity index is 1.88. The highest BCUT2D eigenvalue weighted by Gasteiger charge is 2.47. The predicted octanol–water partition coefficient (Wildman–Crippen LogP) is 1.20. The van der Waals surface area contributed by atoms with Crippen LogP contribution in [0.5, 0.6) is 0 Å². The van der Waals surface area contributed by atoms with Gasteiger partial charge in [-0.1, -0.05) is 13.8 Å². The first-order valence-corrected chi connectivity index (χ1v) is 9.26. The minimum atomic E-state index is -0.691. The average Bonchev–Trinajstić information content (AvgIpc) is 2.99. The van der Waals surface area contributed by atoms with E-state index in [2.05, 4.69) is 10.3 Å². The van der Waals surface area contributed by atoms with Gasteiger partial charge in [0.15, 0.2) is 5.82 Å². The first-order chi connectivity index (χ1) is 12.8. The third-order valence-corrected chi connectivity index (χ3v) is 5.13. The van der Waals surface area contributed by atoms with Crippen molar-refractivity contribution in [2.75, 3.05) is 13.1 Å². The molecule has 3 atom stereocenters. The van der Waals surface area contributed by atoms with Crippen molar-refractivity contribution in [3.63, 3.8) is 0 Å². The summed E-state index contributed by atoms with van der Waals surface area (Å²) in [5.74, 6) is -1.25. The van der Waals surface area contributed by atoms with E-state index >= 15 is 0 Å². The lowest BCUT2D eigenvalue weighted by molar-refractivity contribution is -0.142. The molecule has 0 spiro atoms. The maximum Gasteiger partial charge on any atom is 0.257 e. The second kappa shape index (κ2) is 7.62. The zero-order valence-corrected chi connectivity index (χ0v) is 15.8. The van der Waals surface area contributed by atoms with Gasteiger partial charge in [0.25, 0.3) is 5.91 Å². The molecule has 0 bridgehead atoms. The zero-order valence-electron chi connectivity index (χ0n) is 15.8. The molecule has 1 aromatic heterocycles. The number of fused-ring (bicyclic) bond motifs is 1. The van der Waals surface area contributed by atoms with Crippen molar-refractivity contribution in [1.29, 1.82) is 0 Å². The van der Waals surface area contributed by atoms with E-state index in [4.69, 9.17) is 0 Å². The monoisotopic (exact) mass is 376 g/mol. The molecular weight excluding hydrogens is 351 g/mol. The summed E-state index contributed by atoms with van der Waals surface area (Å²) in [5.41, 5.74) is -0.0728. The summed E-state index contributed by atoms with van der Waals surface area (Å²) in [6.45, 7) is 6.20. The SMILES string of the molecule is CC(=O)N[C@H]1C[C@H]2CN(C(=O)c3ccncc3F)[C@@H](CC(C)C)C(=O)N2C1. The lowest BCUT2D eigenvalue weighted by atomic mass is 9.96. The summed E-state index contributed by atoms with van der Waals surface area (Å²) in [5, 5.41) is 2.85. The van der Waals surface area contributed by atoms with Crippen LogP contribution < -0.4 is 5.32 Å². The quantitative estimate of drug-likeness (QED) is 0.856. The molecule has 0 radical (unpaired) electrons. The fraction of sp³-hybridized carbons (Fsp3) is 0.579. The third kappa shape index (κ3) is 3.94. The van der Waals surface area contributed by atoms with Crippen molar-refractivity contribution in [3.8, 4) is 0 Å². The summed E-state index contributed by atoms with van der Waals surface area (Å²) in [4.78, 5) is 44.5. The number of nitrogens with zero attached hydrogens (tertiary/aromatic N) is 3. The largest absolute Gasteiger partial charge is 0.352 e. The van der Waals surface area contributed by atoms with E-state index in [1.54, 1.807) is 4.90 Å². The predicted molar refractivity (Wildman–Crippen MR) is 96.2 cm³/mol. The number of aromatic nitrogens is 1. The van der Waals surface area contributed by atoms with Crippen molar-refractivity contribution in [1.82, 2.24) is 20.1 Å². The molecule has 0 aromatic carbocycles. The van der Waals surface area contributed by atoms with Gasteiger partial charge < -0.3 is 15.1 Å². The van der Waals surface area contributed by atoms with Gasteiger partial charge in [0.05, 0.1) is 17.8 Å². The molecule has 2 fully saturated rings. The van der Waals surface area contributed by atoms with Crippen LogP contribution in [0, 0.1) is 11.7 Å². The summed E-state index contributed by atoms with van der Waals surface area (Å²) >= 11 is 0. The summed E-state index contributed by atoms with van der Waals surface area (Å²) < 4.78 is 14.1. The minimum absolute atomic E-state index is 0.0728. The second-order valence-electron chi connectivity index (χ2n) is 7.74. The minimum Gasteiger partial charge on any atom is -0.352 e. The molecule has 1 N–H and O–H groups in total. The Kier molecular flexibility index (Phi) is 5.43. The van der Waals surface area contributed by atoms with Crippen molar-refractivity contribution < 1.29 is 18.8 Å². The Morgan fingerprint density at radius 2 is 2.11 bits per heavy atom. The van der Waals surface area contributed by atoms with Gasteiger partial charge in [-0.05, 0) is 24.8 Å². The van der Waals surface area contributed by atoms with Crippen LogP contribution in [-0.4, -0.2) is 63.7 Å². The third-order valence-electron chi connectivity index (χ3n) is 5.13. The topological polar surface area (TPSA) is 82.6 Å². The highest BCUT2D eigenvalue weighted by Crippen LogP contribution is 2.30. The van der Waals surface area contributed by atoms with Crippen molar-refractivity contribution in [2.24, 2.45) is 5.92 Å². The van der Waals surface area contributed by atoms with Gasteiger partial charge in [0.1, 0.15) is 6.04 Å². The number of amides is 3. The van der Waals surface area contributed by atoms with Gasteiger partial charge in [-0.3, -0.25) is 19.4 Å². The molecule has 0 aliphatic carbocycles. The number of carbonyl (C=O) groups excluding carboxylic acids is 3. The molecule has 3 heterocycles. The first kappa shape index (κ1) is 19.3. The Morgan fingerprint density at radius 3 is 2.74 bits per heavy atom. The van der Waals surface area contributed by atoms with Crippen LogP contribution in [0.1, 0.15) is 44.0 Å². The molecule has 0 unspecified atom stereocenters. The van der Waals surface area contributed by atoms with Gasteiger partial charge in [-0.25, -0.2) is 4.39 Å². The fourth-order valence-corrected chi connectivity index (χ4v) is 4.03. The smallest absolute Gasteiger partial charge is 0.257 e. The van der Waals surface area contributed by atoms with Crippen LogP contribution in [0.15, 0.2) is 18.5 Å². The molecule has 27 heavy (non-hydrogen) atoms. The van der Waals surface area contributed by atoms with E-state index in [-0.39, 0.29) is 35.4 Å². The van der Waals surface area contributed by atoms with E-state index in [1.165, 1.54) is 24.1 Å². The number of halogens is 1. The van der Waals surface area contributed by atoms with Crippen LogP contribution in [0.4, 0.5) is 4.39 Å². The van der Waals surface area contributed by atoms with Gasteiger partial charge in [0, 0.05) is 32.3 Å². The maximum atomic E-state index is 14.1. The average molecular weight is 376 g/mol. The summed E-state index contributed by atoms with van der Waals surface area (Å²) in [7, 11) is 0. The van der Waals surface area contributed by atoms with Crippen molar-refractivity contribution >= 4 is 17.7 Å². The van der Waals surface area contributed by atoms with Gasteiger partial charge in [0.2, 0.25) is 11.8 Å². The lowest BCUT2D eigenvalue weighted by Gasteiger charge is -2.43. The van der Waals surface area contributed by atoms with E-state index in [0.29, 0.717) is 25.9 Å². The van der Waals surface area contributed by atoms with Crippen LogP contribution in [-0.2, 0) is 9.59 Å². The van der Waals surface area contributed by atoms with Crippen LogP contribution in [0.2, 0.25) is 0 Å². The zero-order chi connectivity index (χ0) is 19.7. The number of rotatable bonds is 4. The van der Waals surface area contributed by atoms with Crippen LogP contribution in [0.25, 0.3) is 0 Å². The van der Waals surface area contributed by atoms with E-state index in [1.807, 2.05) is 13.8 Å². The number of piperazine rings is 1. The van der Waals surface area contributed by atoms with E-state index in [0.717, 1.165) is 6.20 Å². The van der Waals surface area contributed by atoms with Crippen LogP contribution in [0.3, 0.4) is 0 Å². The molecule has 0 saturated carbocycles. The van der Waals surface area contributed by atoms with Crippen molar-refractivity contribution in [2.45, 2.75) is 51.7 Å². The Morgan fingerprint density at radius 1 is 1.37 bits per heavy atom. The van der Waals surface area contributed by atoms with Gasteiger partial charge >= 0.3 is 0 Å². The number of pyridine rings is 1. The summed E-state index contributed by atoms with van der Waals surface area (Å²) in [6, 6.07) is 0.420. The Hall–Kier alpha value is -2.51. The maximum absolute atomic E-state index is 14.1. The fourth-order valence-electron chi connectivity index (χ4n) is 4.03. The normalized spacial score (nSPS) is 24.9. The molecule has 2 aliphatic rings. The first-order valence-electron chi connectivity index (χ1n) is 9.26. The van der Waals surface area contributed by atoms with E-state index in [9.17, 15) is 18.8 Å². The highest BCUT2D eigenvalue weighted by atomic mass is 19.1. The molecule has 3 amide bonds. The standard InChI is InChI=1S/C19H25FN4O3/c1-11(2)6-17-19(27)23-9-13(22-12(3)25)7-14(23)10-24(17)18(26)15-4-5-21-8-16(15)20/h4-5,8,11,13-14,17H,6-7,9-10H2,1-3H3,(H,22,25)/t13-,14-,17-/m0/s1. The van der Waals surface area contributed by atoms with Gasteiger partial charge in [-0.15, -0.1) is 0 Å². The molecule has 2 saturated heterocycles. The molecule has 2 aliphatic heterocycles. The number of carbonyl (C=O) groups is 3. The highest BCUT2D eigenvalue weighted by molar-refractivity contribution is 5.98. The van der Waals surface area contributed by atoms with Crippen molar-refractivity contribution in [3.05, 3.63) is 29.8 Å².